The van der Waals surface area contributed by atoms with Crippen LogP contribution in [0, 0.1) is 6.92 Å². The van der Waals surface area contributed by atoms with Crippen LogP contribution in [-0.4, -0.2) is 71.5 Å². The summed E-state index contributed by atoms with van der Waals surface area (Å²) >= 11 is 6.32. The first-order chi connectivity index (χ1) is 15.5. The average molecular weight is 488 g/mol. The highest BCUT2D eigenvalue weighted by Crippen LogP contribution is 2.26. The van der Waals surface area contributed by atoms with Crippen molar-refractivity contribution in [1.82, 2.24) is 14.7 Å². The zero-order chi connectivity index (χ0) is 24.2. The van der Waals surface area contributed by atoms with Gasteiger partial charge in [-0.15, -0.1) is 0 Å². The lowest BCUT2D eigenvalue weighted by Crippen LogP contribution is -2.56. The molecule has 1 aromatic carbocycles. The van der Waals surface area contributed by atoms with E-state index in [2.05, 4.69) is 11.8 Å². The number of benzene rings is 1. The number of piperazine rings is 1. The van der Waals surface area contributed by atoms with E-state index < -0.39 is 12.6 Å². The Kier molecular flexibility index (Phi) is 8.67. The minimum atomic E-state index is -4.24. The molecule has 2 fully saturated rings. The molecule has 0 radical (unpaired) electrons. The van der Waals surface area contributed by atoms with E-state index in [4.69, 9.17) is 11.6 Å². The molecule has 0 saturated carbocycles. The van der Waals surface area contributed by atoms with Crippen molar-refractivity contribution >= 4 is 23.4 Å². The van der Waals surface area contributed by atoms with E-state index in [9.17, 15) is 22.8 Å². The van der Waals surface area contributed by atoms with Crippen LogP contribution < -0.4 is 0 Å². The van der Waals surface area contributed by atoms with Gasteiger partial charge >= 0.3 is 12.2 Å². The van der Waals surface area contributed by atoms with Gasteiger partial charge in [0, 0.05) is 69.6 Å². The minimum Gasteiger partial charge on any atom is -0.325 e. The van der Waals surface area contributed by atoms with E-state index in [0.29, 0.717) is 18.1 Å². The Labute approximate surface area is 198 Å². The Hall–Kier alpha value is -1.80. The molecule has 184 valence electrons. The van der Waals surface area contributed by atoms with Crippen molar-refractivity contribution in [2.75, 3.05) is 32.7 Å². The van der Waals surface area contributed by atoms with Crippen molar-refractivity contribution in [2.45, 2.75) is 71.1 Å². The second-order valence-electron chi connectivity index (χ2n) is 9.29. The number of rotatable bonds is 7. The summed E-state index contributed by atoms with van der Waals surface area (Å²) in [5.41, 5.74) is 2.73. The Balaban J connectivity index is 1.58. The molecule has 9 heteroatoms. The second-order valence-corrected chi connectivity index (χ2v) is 9.72. The highest BCUT2D eigenvalue weighted by molar-refractivity contribution is 6.30. The molecule has 2 aliphatic rings. The van der Waals surface area contributed by atoms with Crippen LogP contribution in [0.15, 0.2) is 12.1 Å². The molecule has 1 atom stereocenters. The van der Waals surface area contributed by atoms with Gasteiger partial charge in [-0.25, -0.2) is 4.79 Å². The number of alkyl halides is 3. The molecular weight excluding hydrogens is 455 g/mol. The number of halogens is 4. The standard InChI is InChI=1S/C24H33ClF3N3O2/c1-17-15-29(10-11-31(17)23(33)30-8-3-4-9-30)16-20-13-21(25)12-19(18(20)2)14-22(32)6-5-7-24(26,27)28/h12-13,17H,3-11,14-16H2,1-2H3/t17-/m0/s1. The van der Waals surface area contributed by atoms with Crippen LogP contribution in [0.25, 0.3) is 0 Å². The van der Waals surface area contributed by atoms with Crippen LogP contribution in [0.2, 0.25) is 5.02 Å². The van der Waals surface area contributed by atoms with E-state index in [-0.39, 0.29) is 37.1 Å². The summed E-state index contributed by atoms with van der Waals surface area (Å²) in [7, 11) is 0. The fourth-order valence-electron chi connectivity index (χ4n) is 4.72. The molecule has 0 spiro atoms. The van der Waals surface area contributed by atoms with Crippen molar-refractivity contribution in [1.29, 1.82) is 0 Å². The quantitative estimate of drug-likeness (QED) is 0.530. The lowest BCUT2D eigenvalue weighted by molar-refractivity contribution is -0.137. The first-order valence-electron chi connectivity index (χ1n) is 11.7. The van der Waals surface area contributed by atoms with Gasteiger partial charge < -0.3 is 9.80 Å². The summed E-state index contributed by atoms with van der Waals surface area (Å²) in [5, 5.41) is 0.518. The summed E-state index contributed by atoms with van der Waals surface area (Å²) in [6.07, 6.45) is -3.23. The molecule has 0 bridgehead atoms. The molecule has 0 aromatic heterocycles. The maximum atomic E-state index is 12.8. The van der Waals surface area contributed by atoms with Gasteiger partial charge in [0.2, 0.25) is 0 Å². The lowest BCUT2D eigenvalue weighted by atomic mass is 9.96. The van der Waals surface area contributed by atoms with E-state index in [1.807, 2.05) is 22.8 Å². The molecule has 5 nitrogen and oxygen atoms in total. The fraction of sp³-hybridized carbons (Fsp3) is 0.667. The Morgan fingerprint density at radius 3 is 2.39 bits per heavy atom. The second kappa shape index (κ2) is 11.1. The van der Waals surface area contributed by atoms with Gasteiger partial charge in [0.05, 0.1) is 0 Å². The number of carbonyl (C=O) groups excluding carboxylic acids is 2. The third-order valence-electron chi connectivity index (χ3n) is 6.62. The molecule has 2 aliphatic heterocycles. The van der Waals surface area contributed by atoms with E-state index in [1.54, 1.807) is 6.07 Å². The number of hydrogen-bond donors (Lipinski definition) is 0. The van der Waals surface area contributed by atoms with E-state index in [0.717, 1.165) is 55.7 Å². The van der Waals surface area contributed by atoms with Crippen molar-refractivity contribution in [3.8, 4) is 0 Å². The van der Waals surface area contributed by atoms with Crippen molar-refractivity contribution in [2.24, 2.45) is 0 Å². The van der Waals surface area contributed by atoms with Gasteiger partial charge in [-0.05, 0) is 61.9 Å². The van der Waals surface area contributed by atoms with Gasteiger partial charge in [0.25, 0.3) is 0 Å². The van der Waals surface area contributed by atoms with Crippen LogP contribution in [0.4, 0.5) is 18.0 Å². The topological polar surface area (TPSA) is 43.9 Å². The number of nitrogens with zero attached hydrogens (tertiary/aromatic N) is 3. The van der Waals surface area contributed by atoms with Crippen LogP contribution >= 0.6 is 11.6 Å². The summed E-state index contributed by atoms with van der Waals surface area (Å²) in [4.78, 5) is 31.2. The SMILES string of the molecule is Cc1c(CC(=O)CCCC(F)(F)F)cc(Cl)cc1CN1CCN(C(=O)N2CCCC2)[C@@H](C)C1. The summed E-state index contributed by atoms with van der Waals surface area (Å²) in [5.74, 6) is -0.210. The summed E-state index contributed by atoms with van der Waals surface area (Å²) in [6.45, 7) is 8.49. The van der Waals surface area contributed by atoms with Crippen LogP contribution in [-0.2, 0) is 17.8 Å². The largest absolute Gasteiger partial charge is 0.389 e. The third-order valence-corrected chi connectivity index (χ3v) is 6.84. The number of Topliss-reactive ketones (excluding diaryl/α,β-unsaturated/α-hetero) is 1. The maximum absolute atomic E-state index is 12.8. The molecule has 3 rings (SSSR count). The Morgan fingerprint density at radius 1 is 1.09 bits per heavy atom. The minimum absolute atomic E-state index is 0.0891. The molecule has 0 N–H and O–H groups in total. The van der Waals surface area contributed by atoms with Gasteiger partial charge in [-0.3, -0.25) is 9.69 Å². The zero-order valence-electron chi connectivity index (χ0n) is 19.4. The van der Waals surface area contributed by atoms with E-state index in [1.165, 1.54) is 0 Å². The third kappa shape index (κ3) is 7.34. The van der Waals surface area contributed by atoms with Crippen molar-refractivity contribution < 1.29 is 22.8 Å². The first-order valence-corrected chi connectivity index (χ1v) is 12.1. The highest BCUT2D eigenvalue weighted by atomic mass is 35.5. The average Bonchev–Trinajstić information content (AvgIpc) is 3.25. The summed E-state index contributed by atoms with van der Waals surface area (Å²) in [6, 6.07) is 3.85. The zero-order valence-corrected chi connectivity index (χ0v) is 20.1. The van der Waals surface area contributed by atoms with Crippen LogP contribution in [0.3, 0.4) is 0 Å². The smallest absolute Gasteiger partial charge is 0.325 e. The van der Waals surface area contributed by atoms with Gasteiger partial charge in [0.1, 0.15) is 5.78 Å². The van der Waals surface area contributed by atoms with Gasteiger partial charge in [-0.2, -0.15) is 13.2 Å². The molecule has 0 aliphatic carbocycles. The monoisotopic (exact) mass is 487 g/mol. The predicted octanol–water partition coefficient (Wildman–Crippen LogP) is 5.21. The van der Waals surface area contributed by atoms with Crippen molar-refractivity contribution in [3.05, 3.63) is 33.8 Å². The number of carbonyl (C=O) groups is 2. The molecule has 0 unspecified atom stereocenters. The van der Waals surface area contributed by atoms with E-state index >= 15 is 0 Å². The Morgan fingerprint density at radius 2 is 1.76 bits per heavy atom. The predicted molar refractivity (Wildman–Crippen MR) is 122 cm³/mol. The fourth-order valence-corrected chi connectivity index (χ4v) is 4.99. The van der Waals surface area contributed by atoms with Crippen molar-refractivity contribution in [3.63, 3.8) is 0 Å². The van der Waals surface area contributed by atoms with Crippen LogP contribution in [0.1, 0.15) is 55.7 Å². The Bertz CT molecular complexity index is 856. The maximum Gasteiger partial charge on any atom is 0.389 e. The molecule has 33 heavy (non-hydrogen) atoms. The van der Waals surface area contributed by atoms with Gasteiger partial charge in [0.15, 0.2) is 0 Å². The summed E-state index contributed by atoms with van der Waals surface area (Å²) < 4.78 is 37.0. The molecule has 2 heterocycles. The first kappa shape index (κ1) is 25.8. The molecular formula is C24H33ClF3N3O2. The van der Waals surface area contributed by atoms with Crippen LogP contribution in [0.5, 0.6) is 0 Å². The van der Waals surface area contributed by atoms with Gasteiger partial charge in [-0.1, -0.05) is 11.6 Å². The number of ketones is 1. The highest BCUT2D eigenvalue weighted by Gasteiger charge is 2.31. The molecule has 2 saturated heterocycles. The number of urea groups is 1. The molecule has 1 aromatic rings. The normalized spacial score (nSPS) is 19.9. The number of hydrogen-bond acceptors (Lipinski definition) is 3. The lowest BCUT2D eigenvalue weighted by Gasteiger charge is -2.41. The number of likely N-dealkylation sites (tertiary alicyclic amines) is 1. The molecule has 2 amide bonds. The number of amides is 2.